The Bertz CT molecular complexity index is 270. The molecule has 0 fully saturated rings. The molecule has 0 aliphatic heterocycles. The van der Waals surface area contributed by atoms with E-state index in [2.05, 4.69) is 0 Å². The van der Waals surface area contributed by atoms with Crippen LogP contribution in [0.3, 0.4) is 0 Å². The fourth-order valence-corrected chi connectivity index (χ4v) is 0.787. The van der Waals surface area contributed by atoms with Crippen LogP contribution in [-0.4, -0.2) is 16.9 Å². The maximum absolute atomic E-state index is 11.0. The summed E-state index contributed by atoms with van der Waals surface area (Å²) in [5.41, 5.74) is 0. The highest BCUT2D eigenvalue weighted by Crippen LogP contribution is 2.04. The van der Waals surface area contributed by atoms with Gasteiger partial charge in [0.05, 0.1) is 6.26 Å². The topological polar surface area (TPSA) is 67.5 Å². The molecule has 4 nitrogen and oxygen atoms in total. The van der Waals surface area contributed by atoms with Crippen molar-refractivity contribution in [2.75, 3.05) is 0 Å². The fourth-order valence-electron chi connectivity index (χ4n) is 0.787. The van der Waals surface area contributed by atoms with Crippen molar-refractivity contribution in [2.45, 2.75) is 26.7 Å². The molecule has 1 aromatic rings. The monoisotopic (exact) mass is 198 g/mol. The highest BCUT2D eigenvalue weighted by molar-refractivity contribution is 5.93. The van der Waals surface area contributed by atoms with Gasteiger partial charge < -0.3 is 9.52 Å². The first-order valence-corrected chi connectivity index (χ1v) is 4.34. The molecule has 1 rings (SSSR count). The summed E-state index contributed by atoms with van der Waals surface area (Å²) in [5.74, 6) is -0.269. The molecular formula is C10H14O4. The van der Waals surface area contributed by atoms with Crippen molar-refractivity contribution >= 4 is 11.8 Å². The lowest BCUT2D eigenvalue weighted by atomic mass is 10.2. The minimum atomic E-state index is -0.833. The van der Waals surface area contributed by atoms with Crippen LogP contribution in [0.1, 0.15) is 37.2 Å². The molecule has 0 aliphatic rings. The average molecular weight is 198 g/mol. The second-order valence-corrected chi connectivity index (χ2v) is 2.67. The highest BCUT2D eigenvalue weighted by atomic mass is 16.4. The predicted octanol–water partition coefficient (Wildman–Crippen LogP) is 2.35. The number of hydrogen-bond donors (Lipinski definition) is 1. The quantitative estimate of drug-likeness (QED) is 0.757. The van der Waals surface area contributed by atoms with Crippen molar-refractivity contribution < 1.29 is 19.1 Å². The summed E-state index contributed by atoms with van der Waals surface area (Å²) in [4.78, 5) is 20.0. The molecule has 0 amide bonds. The molecule has 78 valence electrons. The number of carboxylic acids is 1. The maximum Gasteiger partial charge on any atom is 0.300 e. The molecule has 0 aliphatic carbocycles. The summed E-state index contributed by atoms with van der Waals surface area (Å²) < 4.78 is 4.90. The summed E-state index contributed by atoms with van der Waals surface area (Å²) in [6.07, 6.45) is 2.97. The first-order valence-electron chi connectivity index (χ1n) is 4.34. The number of hydrogen-bond acceptors (Lipinski definition) is 3. The van der Waals surface area contributed by atoms with E-state index >= 15 is 0 Å². The summed E-state index contributed by atoms with van der Waals surface area (Å²) in [6, 6.07) is 3.42. The second-order valence-electron chi connectivity index (χ2n) is 2.67. The Labute approximate surface area is 82.5 Å². The van der Waals surface area contributed by atoms with Gasteiger partial charge in [0.25, 0.3) is 5.97 Å². The van der Waals surface area contributed by atoms with Crippen molar-refractivity contribution in [1.82, 2.24) is 0 Å². The van der Waals surface area contributed by atoms with Crippen molar-refractivity contribution in [3.63, 3.8) is 0 Å². The van der Waals surface area contributed by atoms with Crippen LogP contribution in [-0.2, 0) is 4.79 Å². The molecule has 0 spiro atoms. The number of ketones is 1. The van der Waals surface area contributed by atoms with E-state index in [0.717, 1.165) is 13.3 Å². The molecule has 14 heavy (non-hydrogen) atoms. The van der Waals surface area contributed by atoms with Crippen molar-refractivity contribution in [3.05, 3.63) is 24.2 Å². The Morgan fingerprint density at radius 3 is 2.43 bits per heavy atom. The zero-order valence-corrected chi connectivity index (χ0v) is 8.32. The zero-order chi connectivity index (χ0) is 11.0. The van der Waals surface area contributed by atoms with Crippen LogP contribution in [0.5, 0.6) is 0 Å². The van der Waals surface area contributed by atoms with Gasteiger partial charge in [0.1, 0.15) is 0 Å². The third-order valence-corrected chi connectivity index (χ3v) is 1.27. The Balaban J connectivity index is 0.000000364. The van der Waals surface area contributed by atoms with Crippen LogP contribution in [0.15, 0.2) is 22.8 Å². The largest absolute Gasteiger partial charge is 0.481 e. The van der Waals surface area contributed by atoms with Crippen LogP contribution in [0.2, 0.25) is 0 Å². The molecule has 0 atom stereocenters. The van der Waals surface area contributed by atoms with Gasteiger partial charge in [0.15, 0.2) is 11.5 Å². The second kappa shape index (κ2) is 6.88. The van der Waals surface area contributed by atoms with Gasteiger partial charge in [-0.25, -0.2) is 0 Å². The SMILES string of the molecule is CC(=O)O.CCCC(=O)c1ccco1. The average Bonchev–Trinajstić information content (AvgIpc) is 2.55. The lowest BCUT2D eigenvalue weighted by molar-refractivity contribution is -0.134. The molecule has 1 aromatic heterocycles. The molecule has 0 radical (unpaired) electrons. The highest BCUT2D eigenvalue weighted by Gasteiger charge is 2.05. The minimum absolute atomic E-state index is 0.0903. The van der Waals surface area contributed by atoms with Crippen LogP contribution >= 0.6 is 0 Å². The fraction of sp³-hybridized carbons (Fsp3) is 0.400. The van der Waals surface area contributed by atoms with E-state index in [1.807, 2.05) is 6.92 Å². The smallest absolute Gasteiger partial charge is 0.300 e. The summed E-state index contributed by atoms with van der Waals surface area (Å²) in [5, 5.41) is 7.42. The third-order valence-electron chi connectivity index (χ3n) is 1.27. The number of furan rings is 1. The first kappa shape index (κ1) is 12.4. The third kappa shape index (κ3) is 5.99. The van der Waals surface area contributed by atoms with Gasteiger partial charge in [-0.05, 0) is 18.6 Å². The van der Waals surface area contributed by atoms with E-state index in [9.17, 15) is 4.79 Å². The van der Waals surface area contributed by atoms with Crippen molar-refractivity contribution in [1.29, 1.82) is 0 Å². The minimum Gasteiger partial charge on any atom is -0.481 e. The lowest BCUT2D eigenvalue weighted by Crippen LogP contribution is -1.94. The van der Waals surface area contributed by atoms with Gasteiger partial charge in [0.2, 0.25) is 0 Å². The number of carbonyl (C=O) groups is 2. The summed E-state index contributed by atoms with van der Waals surface area (Å²) >= 11 is 0. The Hall–Kier alpha value is -1.58. The van der Waals surface area contributed by atoms with Gasteiger partial charge in [-0.3, -0.25) is 9.59 Å². The van der Waals surface area contributed by atoms with Gasteiger partial charge in [-0.2, -0.15) is 0 Å². The molecule has 0 unspecified atom stereocenters. The Morgan fingerprint density at radius 1 is 1.50 bits per heavy atom. The number of rotatable bonds is 3. The molecule has 0 bridgehead atoms. The number of carbonyl (C=O) groups excluding carboxylic acids is 1. The molecule has 1 N–H and O–H groups in total. The molecule has 0 saturated heterocycles. The van der Waals surface area contributed by atoms with Gasteiger partial charge in [0, 0.05) is 13.3 Å². The van der Waals surface area contributed by atoms with Crippen molar-refractivity contribution in [2.24, 2.45) is 0 Å². The lowest BCUT2D eigenvalue weighted by Gasteiger charge is -1.90. The van der Waals surface area contributed by atoms with E-state index in [1.165, 1.54) is 6.26 Å². The number of Topliss-reactive ketones (excluding diaryl/α,β-unsaturated/α-hetero) is 1. The molecule has 1 heterocycles. The Kier molecular flexibility index (Phi) is 6.11. The molecule has 4 heteroatoms. The first-order chi connectivity index (χ1) is 6.57. The van der Waals surface area contributed by atoms with Gasteiger partial charge in [-0.15, -0.1) is 0 Å². The maximum atomic E-state index is 11.0. The molecular weight excluding hydrogens is 184 g/mol. The van der Waals surface area contributed by atoms with Crippen molar-refractivity contribution in [3.8, 4) is 0 Å². The van der Waals surface area contributed by atoms with E-state index < -0.39 is 5.97 Å². The van der Waals surface area contributed by atoms with Gasteiger partial charge >= 0.3 is 0 Å². The normalized spacial score (nSPS) is 8.71. The molecule has 0 saturated carbocycles. The van der Waals surface area contributed by atoms with Crippen LogP contribution in [0.4, 0.5) is 0 Å². The van der Waals surface area contributed by atoms with E-state index in [-0.39, 0.29) is 5.78 Å². The summed E-state index contributed by atoms with van der Waals surface area (Å²) in [6.45, 7) is 3.06. The van der Waals surface area contributed by atoms with Gasteiger partial charge in [-0.1, -0.05) is 6.92 Å². The van der Waals surface area contributed by atoms with Crippen LogP contribution in [0.25, 0.3) is 0 Å². The predicted molar refractivity (Wildman–Crippen MR) is 51.3 cm³/mol. The number of aliphatic carboxylic acids is 1. The standard InChI is InChI=1S/C8H10O2.C2H4O2/c1-2-4-7(9)8-5-3-6-10-8;1-2(3)4/h3,5-6H,2,4H2,1H3;1H3,(H,3,4). The van der Waals surface area contributed by atoms with Crippen LogP contribution in [0, 0.1) is 0 Å². The summed E-state index contributed by atoms with van der Waals surface area (Å²) in [7, 11) is 0. The number of carboxylic acid groups (broad SMARTS) is 1. The van der Waals surface area contributed by atoms with E-state index in [1.54, 1.807) is 12.1 Å². The van der Waals surface area contributed by atoms with Crippen LogP contribution < -0.4 is 0 Å². The zero-order valence-electron chi connectivity index (χ0n) is 8.32. The van der Waals surface area contributed by atoms with E-state index in [4.69, 9.17) is 14.3 Å². The van der Waals surface area contributed by atoms with E-state index in [0.29, 0.717) is 12.2 Å². The molecule has 0 aromatic carbocycles. The Morgan fingerprint density at radius 2 is 2.07 bits per heavy atom.